The zero-order valence-electron chi connectivity index (χ0n) is 12.1. The Bertz CT molecular complexity index is 974. The summed E-state index contributed by atoms with van der Waals surface area (Å²) in [5.41, 5.74) is 0.0493. The van der Waals surface area contributed by atoms with Crippen LogP contribution in [0.15, 0.2) is 34.0 Å². The number of hydrogen-bond acceptors (Lipinski definition) is 7. The van der Waals surface area contributed by atoms with Crippen LogP contribution in [-0.2, 0) is 16.1 Å². The lowest BCUT2D eigenvalue weighted by Crippen LogP contribution is -2.37. The normalized spacial score (nSPS) is 10.8. The zero-order chi connectivity index (χ0) is 16.4. The van der Waals surface area contributed by atoms with Gasteiger partial charge in [0.25, 0.3) is 5.56 Å². The van der Waals surface area contributed by atoms with Gasteiger partial charge in [-0.25, -0.2) is 9.36 Å². The first-order valence-electron chi connectivity index (χ1n) is 6.81. The fraction of sp³-hybridized carbons (Fsp3) is 0.214. The molecule has 0 bridgehead atoms. The van der Waals surface area contributed by atoms with E-state index in [-0.39, 0.29) is 11.3 Å². The summed E-state index contributed by atoms with van der Waals surface area (Å²) >= 11 is 0.953. The molecule has 0 atom stereocenters. The lowest BCUT2D eigenvalue weighted by molar-refractivity contribution is -0.143. The largest absolute Gasteiger partial charge is 0.465 e. The number of H-pyrrole nitrogens is 1. The van der Waals surface area contributed by atoms with Crippen LogP contribution < -0.4 is 11.2 Å². The Labute approximate surface area is 133 Å². The second-order valence-electron chi connectivity index (χ2n) is 4.58. The molecule has 8 nitrogen and oxygen atoms in total. The maximum Gasteiger partial charge on any atom is 0.329 e. The van der Waals surface area contributed by atoms with Crippen LogP contribution in [0, 0.1) is 0 Å². The van der Waals surface area contributed by atoms with Crippen LogP contribution in [-0.4, -0.2) is 31.5 Å². The van der Waals surface area contributed by atoms with Gasteiger partial charge in [-0.2, -0.15) is 4.37 Å². The molecule has 3 aromatic heterocycles. The SMILES string of the molecule is CCOC(=O)Cn1c(=O)[nH]c2c(-c3ccccn3)nsc2c1=O. The number of esters is 1. The average molecular weight is 332 g/mol. The summed E-state index contributed by atoms with van der Waals surface area (Å²) in [5.74, 6) is -0.645. The predicted octanol–water partition coefficient (Wildman–Crippen LogP) is 0.771. The Morgan fingerprint density at radius 1 is 1.39 bits per heavy atom. The van der Waals surface area contributed by atoms with E-state index in [0.29, 0.717) is 16.9 Å². The van der Waals surface area contributed by atoms with Gasteiger partial charge in [0.2, 0.25) is 0 Å². The van der Waals surface area contributed by atoms with Gasteiger partial charge in [0, 0.05) is 6.20 Å². The molecule has 0 fully saturated rings. The van der Waals surface area contributed by atoms with Crippen molar-refractivity contribution >= 4 is 27.7 Å². The number of carbonyl (C=O) groups excluding carboxylic acids is 1. The third-order valence-corrected chi connectivity index (χ3v) is 3.94. The number of ether oxygens (including phenoxy) is 1. The molecule has 0 saturated heterocycles. The van der Waals surface area contributed by atoms with Gasteiger partial charge in [0.15, 0.2) is 0 Å². The summed E-state index contributed by atoms with van der Waals surface area (Å²) in [7, 11) is 0. The predicted molar refractivity (Wildman–Crippen MR) is 84.4 cm³/mol. The van der Waals surface area contributed by atoms with Crippen molar-refractivity contribution in [1.82, 2.24) is 18.9 Å². The van der Waals surface area contributed by atoms with E-state index in [9.17, 15) is 14.4 Å². The molecule has 0 aromatic carbocycles. The molecule has 0 aliphatic rings. The van der Waals surface area contributed by atoms with Crippen molar-refractivity contribution in [2.24, 2.45) is 0 Å². The van der Waals surface area contributed by atoms with E-state index in [4.69, 9.17) is 4.74 Å². The third kappa shape index (κ3) is 2.78. The zero-order valence-corrected chi connectivity index (χ0v) is 12.9. The fourth-order valence-corrected chi connectivity index (χ4v) is 2.89. The lowest BCUT2D eigenvalue weighted by atomic mass is 10.2. The lowest BCUT2D eigenvalue weighted by Gasteiger charge is -2.04. The highest BCUT2D eigenvalue weighted by Gasteiger charge is 2.18. The molecule has 3 aromatic rings. The molecule has 0 aliphatic carbocycles. The minimum Gasteiger partial charge on any atom is -0.465 e. The average Bonchev–Trinajstić information content (AvgIpc) is 2.96. The Balaban J connectivity index is 2.14. The standard InChI is InChI=1S/C14H12N4O4S/c1-2-22-9(19)7-18-13(20)12-11(16-14(18)21)10(17-23-12)8-5-3-4-6-15-8/h3-6H,2,7H2,1H3,(H,16,21). The molecular formula is C14H12N4O4S. The maximum absolute atomic E-state index is 12.4. The van der Waals surface area contributed by atoms with Crippen LogP contribution in [0.2, 0.25) is 0 Å². The quantitative estimate of drug-likeness (QED) is 0.707. The third-order valence-electron chi connectivity index (χ3n) is 3.11. The Morgan fingerprint density at radius 3 is 2.91 bits per heavy atom. The van der Waals surface area contributed by atoms with Crippen molar-refractivity contribution in [2.45, 2.75) is 13.5 Å². The van der Waals surface area contributed by atoms with E-state index in [2.05, 4.69) is 14.3 Å². The van der Waals surface area contributed by atoms with Crippen LogP contribution in [0.25, 0.3) is 21.6 Å². The Hall–Kier alpha value is -2.81. The molecule has 0 amide bonds. The molecule has 0 saturated carbocycles. The number of carbonyl (C=O) groups is 1. The van der Waals surface area contributed by atoms with Crippen molar-refractivity contribution in [2.75, 3.05) is 6.61 Å². The van der Waals surface area contributed by atoms with Gasteiger partial charge in [-0.3, -0.25) is 14.6 Å². The number of aromatic nitrogens is 4. The van der Waals surface area contributed by atoms with Gasteiger partial charge in [0.1, 0.15) is 16.9 Å². The maximum atomic E-state index is 12.4. The minimum atomic E-state index is -0.687. The molecule has 0 aliphatic heterocycles. The molecule has 9 heteroatoms. The smallest absolute Gasteiger partial charge is 0.329 e. The van der Waals surface area contributed by atoms with E-state index in [1.165, 1.54) is 0 Å². The Morgan fingerprint density at radius 2 is 2.22 bits per heavy atom. The summed E-state index contributed by atoms with van der Waals surface area (Å²) in [6.45, 7) is 1.39. The van der Waals surface area contributed by atoms with Crippen molar-refractivity contribution in [3.63, 3.8) is 0 Å². The highest BCUT2D eigenvalue weighted by Crippen LogP contribution is 2.24. The number of nitrogens with one attached hydrogen (secondary N) is 1. The molecule has 3 rings (SSSR count). The molecule has 3 heterocycles. The van der Waals surface area contributed by atoms with Gasteiger partial charge in [-0.05, 0) is 30.6 Å². The summed E-state index contributed by atoms with van der Waals surface area (Å²) < 4.78 is 10.0. The Kier molecular flexibility index (Phi) is 4.02. The van der Waals surface area contributed by atoms with Gasteiger partial charge in [0.05, 0.1) is 17.8 Å². The van der Waals surface area contributed by atoms with Crippen LogP contribution in [0.4, 0.5) is 0 Å². The highest BCUT2D eigenvalue weighted by molar-refractivity contribution is 7.13. The van der Waals surface area contributed by atoms with E-state index >= 15 is 0 Å². The summed E-state index contributed by atoms with van der Waals surface area (Å²) in [6.07, 6.45) is 1.60. The van der Waals surface area contributed by atoms with Crippen LogP contribution in [0.5, 0.6) is 0 Å². The van der Waals surface area contributed by atoms with Gasteiger partial charge in [-0.1, -0.05) is 6.07 Å². The number of aromatic amines is 1. The van der Waals surface area contributed by atoms with Crippen molar-refractivity contribution < 1.29 is 9.53 Å². The first kappa shape index (κ1) is 15.1. The van der Waals surface area contributed by atoms with Gasteiger partial charge in [-0.15, -0.1) is 0 Å². The molecule has 0 unspecified atom stereocenters. The number of pyridine rings is 1. The second-order valence-corrected chi connectivity index (χ2v) is 5.35. The molecule has 0 spiro atoms. The molecule has 23 heavy (non-hydrogen) atoms. The molecule has 118 valence electrons. The molecule has 1 N–H and O–H groups in total. The minimum absolute atomic E-state index is 0.179. The van der Waals surface area contributed by atoms with Crippen LogP contribution >= 0.6 is 11.5 Å². The first-order valence-corrected chi connectivity index (χ1v) is 7.58. The number of nitrogens with zero attached hydrogens (tertiary/aromatic N) is 3. The molecule has 0 radical (unpaired) electrons. The summed E-state index contributed by atoms with van der Waals surface area (Å²) in [4.78, 5) is 42.8. The van der Waals surface area contributed by atoms with Gasteiger partial charge < -0.3 is 9.72 Å². The van der Waals surface area contributed by atoms with Crippen molar-refractivity contribution in [3.8, 4) is 11.4 Å². The van der Waals surface area contributed by atoms with E-state index in [1.807, 2.05) is 0 Å². The van der Waals surface area contributed by atoms with E-state index in [1.54, 1.807) is 31.3 Å². The van der Waals surface area contributed by atoms with Gasteiger partial charge >= 0.3 is 11.7 Å². The topological polar surface area (TPSA) is 107 Å². The van der Waals surface area contributed by atoms with Crippen molar-refractivity contribution in [3.05, 3.63) is 45.2 Å². The summed E-state index contributed by atoms with van der Waals surface area (Å²) in [6, 6.07) is 5.28. The van der Waals surface area contributed by atoms with Crippen molar-refractivity contribution in [1.29, 1.82) is 0 Å². The van der Waals surface area contributed by atoms with E-state index in [0.717, 1.165) is 16.1 Å². The highest BCUT2D eigenvalue weighted by atomic mass is 32.1. The van der Waals surface area contributed by atoms with Crippen LogP contribution in [0.3, 0.4) is 0 Å². The second kappa shape index (κ2) is 6.13. The fourth-order valence-electron chi connectivity index (χ4n) is 2.10. The monoisotopic (exact) mass is 332 g/mol. The molecular weight excluding hydrogens is 320 g/mol. The van der Waals surface area contributed by atoms with E-state index < -0.39 is 23.8 Å². The number of fused-ring (bicyclic) bond motifs is 1. The number of rotatable bonds is 4. The van der Waals surface area contributed by atoms with Crippen LogP contribution in [0.1, 0.15) is 6.92 Å². The summed E-state index contributed by atoms with van der Waals surface area (Å²) in [5, 5.41) is 0. The first-order chi connectivity index (χ1) is 11.1. The number of hydrogen-bond donors (Lipinski definition) is 1.